The molecular formula is C15H20O3S. The first-order valence-corrected chi connectivity index (χ1v) is 6.95. The van der Waals surface area contributed by atoms with Crippen molar-refractivity contribution in [2.75, 3.05) is 0 Å². The van der Waals surface area contributed by atoms with E-state index in [1.165, 1.54) is 18.7 Å². The Bertz CT molecular complexity index is 462. The summed E-state index contributed by atoms with van der Waals surface area (Å²) in [6.45, 7) is 8.40. The van der Waals surface area contributed by atoms with E-state index in [0.717, 1.165) is 4.90 Å². The lowest BCUT2D eigenvalue weighted by molar-refractivity contribution is -0.158. The molecule has 4 heteroatoms. The normalized spacial score (nSPS) is 14.6. The predicted octanol–water partition coefficient (Wildman–Crippen LogP) is 3.47. The summed E-state index contributed by atoms with van der Waals surface area (Å²) in [4.78, 5) is 25.0. The summed E-state index contributed by atoms with van der Waals surface area (Å²) in [6, 6.07) is 9.38. The van der Waals surface area contributed by atoms with Crippen LogP contribution in [0.4, 0.5) is 0 Å². The van der Waals surface area contributed by atoms with Crippen LogP contribution in [0, 0.1) is 0 Å². The third kappa shape index (κ3) is 4.39. The molecular weight excluding hydrogens is 260 g/mol. The average Bonchev–Trinajstić information content (AvgIpc) is 2.27. The van der Waals surface area contributed by atoms with Gasteiger partial charge in [-0.05, 0) is 46.8 Å². The highest BCUT2D eigenvalue weighted by molar-refractivity contribution is 8.02. The number of rotatable bonds is 4. The van der Waals surface area contributed by atoms with E-state index < -0.39 is 16.3 Å². The molecule has 104 valence electrons. The number of carbonyl (C=O) groups is 2. The monoisotopic (exact) mass is 280 g/mol. The first-order chi connectivity index (χ1) is 8.65. The molecule has 1 atom stereocenters. The Morgan fingerprint density at radius 1 is 1.05 bits per heavy atom. The number of ether oxygens (including phenoxy) is 1. The molecule has 0 aliphatic rings. The molecule has 1 rings (SSSR count). The molecule has 0 aliphatic heterocycles. The van der Waals surface area contributed by atoms with Crippen LogP contribution < -0.4 is 0 Å². The third-order valence-corrected chi connectivity index (χ3v) is 3.90. The van der Waals surface area contributed by atoms with Gasteiger partial charge in [0.1, 0.15) is 5.60 Å². The third-order valence-electron chi connectivity index (χ3n) is 2.53. The van der Waals surface area contributed by atoms with E-state index in [1.807, 2.05) is 30.3 Å². The van der Waals surface area contributed by atoms with E-state index in [0.29, 0.717) is 0 Å². The van der Waals surface area contributed by atoms with E-state index in [4.69, 9.17) is 4.74 Å². The van der Waals surface area contributed by atoms with Crippen molar-refractivity contribution in [1.29, 1.82) is 0 Å². The van der Waals surface area contributed by atoms with Crippen LogP contribution in [0.25, 0.3) is 0 Å². The predicted molar refractivity (Wildman–Crippen MR) is 77.2 cm³/mol. The Kier molecular flexibility index (Phi) is 4.80. The summed E-state index contributed by atoms with van der Waals surface area (Å²) in [5, 5.41) is 0. The van der Waals surface area contributed by atoms with Crippen molar-refractivity contribution in [3.8, 4) is 0 Å². The summed E-state index contributed by atoms with van der Waals surface area (Å²) in [5.74, 6) is -0.711. The fraction of sp³-hybridized carbons (Fsp3) is 0.467. The number of thioether (sulfide) groups is 1. The van der Waals surface area contributed by atoms with Gasteiger partial charge in [0.25, 0.3) is 0 Å². The molecule has 0 amide bonds. The summed E-state index contributed by atoms with van der Waals surface area (Å²) in [5.41, 5.74) is -0.606. The minimum Gasteiger partial charge on any atom is -0.459 e. The van der Waals surface area contributed by atoms with Gasteiger partial charge >= 0.3 is 5.97 Å². The molecule has 0 bridgehead atoms. The van der Waals surface area contributed by atoms with Gasteiger partial charge in [-0.25, -0.2) is 0 Å². The van der Waals surface area contributed by atoms with Crippen LogP contribution >= 0.6 is 11.8 Å². The molecule has 0 heterocycles. The van der Waals surface area contributed by atoms with Crippen molar-refractivity contribution in [3.05, 3.63) is 30.3 Å². The molecule has 0 saturated carbocycles. The topological polar surface area (TPSA) is 43.4 Å². The summed E-state index contributed by atoms with van der Waals surface area (Å²) < 4.78 is 4.14. The van der Waals surface area contributed by atoms with E-state index in [-0.39, 0.29) is 5.78 Å². The van der Waals surface area contributed by atoms with Gasteiger partial charge in [0.15, 0.2) is 10.5 Å². The minimum absolute atomic E-state index is 0.212. The highest BCUT2D eigenvalue weighted by atomic mass is 32.2. The van der Waals surface area contributed by atoms with Crippen molar-refractivity contribution in [2.45, 2.75) is 49.9 Å². The molecule has 0 saturated heterocycles. The highest BCUT2D eigenvalue weighted by Gasteiger charge is 2.42. The molecule has 0 aliphatic carbocycles. The molecule has 0 N–H and O–H groups in total. The minimum atomic E-state index is -1.21. The number of Topliss-reactive ketones (excluding diaryl/α,β-unsaturated/α-hetero) is 1. The maximum Gasteiger partial charge on any atom is 0.330 e. The molecule has 0 aromatic heterocycles. The van der Waals surface area contributed by atoms with E-state index in [2.05, 4.69) is 0 Å². The zero-order valence-electron chi connectivity index (χ0n) is 12.0. The standard InChI is InChI=1S/C15H20O3S/c1-11(16)15(5,13(17)18-14(2,3)4)19-12-9-7-6-8-10-12/h6-10H,1-5H3/t15-/m0/s1. The first-order valence-electron chi connectivity index (χ1n) is 6.14. The molecule has 1 aromatic rings. The quantitative estimate of drug-likeness (QED) is 0.481. The van der Waals surface area contributed by atoms with Gasteiger partial charge in [0, 0.05) is 4.90 Å². The highest BCUT2D eigenvalue weighted by Crippen LogP contribution is 2.35. The first kappa shape index (κ1) is 15.8. The van der Waals surface area contributed by atoms with Crippen LogP contribution in [0.2, 0.25) is 0 Å². The Morgan fingerprint density at radius 3 is 2.00 bits per heavy atom. The molecule has 0 spiro atoms. The van der Waals surface area contributed by atoms with Crippen molar-refractivity contribution in [2.24, 2.45) is 0 Å². The van der Waals surface area contributed by atoms with Crippen LogP contribution in [0.3, 0.4) is 0 Å². The van der Waals surface area contributed by atoms with E-state index in [1.54, 1.807) is 27.7 Å². The SMILES string of the molecule is CC(=O)[C@](C)(Sc1ccccc1)C(=O)OC(C)(C)C. The van der Waals surface area contributed by atoms with Crippen LogP contribution in [-0.2, 0) is 14.3 Å². The number of hydrogen-bond donors (Lipinski definition) is 0. The lowest BCUT2D eigenvalue weighted by Gasteiger charge is -2.29. The fourth-order valence-corrected chi connectivity index (χ4v) is 2.39. The fourth-order valence-electron chi connectivity index (χ4n) is 1.36. The van der Waals surface area contributed by atoms with E-state index in [9.17, 15) is 9.59 Å². The largest absolute Gasteiger partial charge is 0.459 e. The molecule has 1 aromatic carbocycles. The van der Waals surface area contributed by atoms with Gasteiger partial charge in [-0.2, -0.15) is 0 Å². The Morgan fingerprint density at radius 2 is 1.58 bits per heavy atom. The molecule has 19 heavy (non-hydrogen) atoms. The van der Waals surface area contributed by atoms with Crippen molar-refractivity contribution in [1.82, 2.24) is 0 Å². The molecule has 3 nitrogen and oxygen atoms in total. The van der Waals surface area contributed by atoms with Crippen molar-refractivity contribution < 1.29 is 14.3 Å². The van der Waals surface area contributed by atoms with Crippen molar-refractivity contribution >= 4 is 23.5 Å². The van der Waals surface area contributed by atoms with Crippen LogP contribution in [0.5, 0.6) is 0 Å². The lowest BCUT2D eigenvalue weighted by Crippen LogP contribution is -2.43. The second-order valence-electron chi connectivity index (χ2n) is 5.51. The summed E-state index contributed by atoms with van der Waals surface area (Å²) in [6.07, 6.45) is 0. The van der Waals surface area contributed by atoms with Gasteiger partial charge < -0.3 is 4.74 Å². The number of benzene rings is 1. The van der Waals surface area contributed by atoms with Gasteiger partial charge in [-0.3, -0.25) is 9.59 Å². The zero-order valence-corrected chi connectivity index (χ0v) is 12.8. The Balaban J connectivity index is 2.98. The maximum atomic E-state index is 12.3. The van der Waals surface area contributed by atoms with Crippen LogP contribution in [0.15, 0.2) is 35.2 Å². The van der Waals surface area contributed by atoms with E-state index >= 15 is 0 Å². The molecule has 0 unspecified atom stereocenters. The smallest absolute Gasteiger partial charge is 0.330 e. The van der Waals surface area contributed by atoms with Gasteiger partial charge in [0.05, 0.1) is 0 Å². The van der Waals surface area contributed by atoms with Crippen molar-refractivity contribution in [3.63, 3.8) is 0 Å². The molecule has 0 fully saturated rings. The lowest BCUT2D eigenvalue weighted by atomic mass is 10.1. The maximum absolute atomic E-state index is 12.3. The average molecular weight is 280 g/mol. The number of hydrogen-bond acceptors (Lipinski definition) is 4. The van der Waals surface area contributed by atoms with Crippen LogP contribution in [0.1, 0.15) is 34.6 Å². The number of ketones is 1. The molecule has 0 radical (unpaired) electrons. The summed E-state index contributed by atoms with van der Waals surface area (Å²) >= 11 is 1.22. The van der Waals surface area contributed by atoms with Crippen LogP contribution in [-0.4, -0.2) is 22.1 Å². The zero-order chi connectivity index (χ0) is 14.7. The Labute approximate surface area is 118 Å². The van der Waals surface area contributed by atoms with Gasteiger partial charge in [0.2, 0.25) is 0 Å². The second-order valence-corrected chi connectivity index (χ2v) is 7.00. The van der Waals surface area contributed by atoms with Gasteiger partial charge in [-0.15, -0.1) is 0 Å². The Hall–Kier alpha value is -1.29. The summed E-state index contributed by atoms with van der Waals surface area (Å²) in [7, 11) is 0. The van der Waals surface area contributed by atoms with Gasteiger partial charge in [-0.1, -0.05) is 30.0 Å². The second kappa shape index (κ2) is 5.78. The number of esters is 1. The number of carbonyl (C=O) groups excluding carboxylic acids is 2.